The second-order valence-electron chi connectivity index (χ2n) is 3.77. The lowest BCUT2D eigenvalue weighted by Crippen LogP contribution is -2.24. The van der Waals surface area contributed by atoms with E-state index in [0.717, 1.165) is 0 Å². The molecule has 1 fully saturated rings. The fourth-order valence-electron chi connectivity index (χ4n) is 1.98. The molecule has 0 N–H and O–H groups in total. The Labute approximate surface area is 78.3 Å². The molecule has 0 aromatic heterocycles. The maximum absolute atomic E-state index is 6.26. The lowest BCUT2D eigenvalue weighted by molar-refractivity contribution is 0.862. The van der Waals surface area contributed by atoms with E-state index in [0.29, 0.717) is 0 Å². The van der Waals surface area contributed by atoms with Gasteiger partial charge in [-0.2, -0.15) is 11.1 Å². The molecule has 1 heterocycles. The van der Waals surface area contributed by atoms with Crippen LogP contribution in [0.1, 0.15) is 26.2 Å². The van der Waals surface area contributed by atoms with E-state index in [9.17, 15) is 0 Å². The molecule has 0 nitrogen and oxygen atoms in total. The molecular weight excluding hydrogens is 188 g/mol. The largest absolute Gasteiger partial charge is 0.172 e. The minimum atomic E-state index is -0.661. The molecule has 11 heavy (non-hydrogen) atoms. The third-order valence-corrected chi connectivity index (χ3v) is 13.1. The predicted molar refractivity (Wildman–Crippen MR) is 58.9 cm³/mol. The quantitative estimate of drug-likeness (QED) is 0.492. The van der Waals surface area contributed by atoms with Crippen LogP contribution in [0.4, 0.5) is 0 Å². The molecule has 0 radical (unpaired) electrons. The Bertz CT molecular complexity index is 108. The van der Waals surface area contributed by atoms with Crippen LogP contribution in [0.3, 0.4) is 0 Å². The van der Waals surface area contributed by atoms with Crippen LogP contribution in [-0.2, 0) is 0 Å². The summed E-state index contributed by atoms with van der Waals surface area (Å²) < 4.78 is 0. The summed E-state index contributed by atoms with van der Waals surface area (Å²) in [5, 5.41) is 0. The summed E-state index contributed by atoms with van der Waals surface area (Å²) in [6.45, 7) is 2.30. The van der Waals surface area contributed by atoms with Gasteiger partial charge in [-0.25, -0.2) is 0 Å². The average molecular weight is 207 g/mol. The second kappa shape index (κ2) is 5.38. The van der Waals surface area contributed by atoms with Crippen molar-refractivity contribution in [2.24, 2.45) is 0 Å². The van der Waals surface area contributed by atoms with Crippen molar-refractivity contribution >= 4 is 28.0 Å². The molecule has 2 atom stereocenters. The lowest BCUT2D eigenvalue weighted by Gasteiger charge is -2.22. The standard InChI is InChI=1S/C8H19ClSi2/c1-2-3-5-10-6-4-7-11(9)8-10/h10-11H,2-8H2,1H3. The van der Waals surface area contributed by atoms with Gasteiger partial charge in [-0.05, 0) is 6.04 Å². The van der Waals surface area contributed by atoms with Gasteiger partial charge in [-0.3, -0.25) is 0 Å². The van der Waals surface area contributed by atoms with E-state index in [1.165, 1.54) is 25.3 Å². The average Bonchev–Trinajstić information content (AvgIpc) is 2.01. The van der Waals surface area contributed by atoms with Crippen molar-refractivity contribution in [1.82, 2.24) is 0 Å². The van der Waals surface area contributed by atoms with E-state index in [1.807, 2.05) is 0 Å². The summed E-state index contributed by atoms with van der Waals surface area (Å²) in [6.07, 6.45) is 4.36. The van der Waals surface area contributed by atoms with Gasteiger partial charge in [0.1, 0.15) is 8.11 Å². The Morgan fingerprint density at radius 1 is 1.36 bits per heavy atom. The van der Waals surface area contributed by atoms with Crippen molar-refractivity contribution in [1.29, 1.82) is 0 Å². The van der Waals surface area contributed by atoms with E-state index in [2.05, 4.69) is 6.92 Å². The van der Waals surface area contributed by atoms with Gasteiger partial charge in [0, 0.05) is 8.80 Å². The highest BCUT2D eigenvalue weighted by Gasteiger charge is 2.21. The van der Waals surface area contributed by atoms with Gasteiger partial charge in [0.05, 0.1) is 0 Å². The Kier molecular flexibility index (Phi) is 4.80. The molecule has 66 valence electrons. The van der Waals surface area contributed by atoms with E-state index < -0.39 is 8.11 Å². The van der Waals surface area contributed by atoms with Gasteiger partial charge in [-0.1, -0.05) is 43.9 Å². The van der Waals surface area contributed by atoms with Gasteiger partial charge in [-0.15, -0.1) is 0 Å². The van der Waals surface area contributed by atoms with Crippen LogP contribution in [0.25, 0.3) is 0 Å². The summed E-state index contributed by atoms with van der Waals surface area (Å²) >= 11 is 6.26. The van der Waals surface area contributed by atoms with Crippen LogP contribution in [0.5, 0.6) is 0 Å². The molecule has 0 bridgehead atoms. The van der Waals surface area contributed by atoms with Crippen molar-refractivity contribution in [2.75, 3.05) is 0 Å². The van der Waals surface area contributed by atoms with Crippen molar-refractivity contribution in [2.45, 2.75) is 50.0 Å². The molecule has 2 unspecified atom stereocenters. The smallest absolute Gasteiger partial charge is 0.138 e. The molecule has 1 aliphatic rings. The van der Waals surface area contributed by atoms with E-state index in [4.69, 9.17) is 11.1 Å². The number of hydrogen-bond donors (Lipinski definition) is 0. The van der Waals surface area contributed by atoms with Crippen LogP contribution >= 0.6 is 11.1 Å². The van der Waals surface area contributed by atoms with Gasteiger partial charge >= 0.3 is 0 Å². The summed E-state index contributed by atoms with van der Waals surface area (Å²) in [6, 6.07) is 4.63. The van der Waals surface area contributed by atoms with Crippen LogP contribution < -0.4 is 0 Å². The maximum atomic E-state index is 6.26. The number of rotatable bonds is 3. The zero-order valence-electron chi connectivity index (χ0n) is 7.48. The zero-order valence-corrected chi connectivity index (χ0v) is 10.5. The number of unbranched alkanes of at least 4 members (excludes halogenated alkanes) is 1. The van der Waals surface area contributed by atoms with Gasteiger partial charge in [0.25, 0.3) is 0 Å². The summed E-state index contributed by atoms with van der Waals surface area (Å²) in [7, 11) is -0.933. The highest BCUT2D eigenvalue weighted by Crippen LogP contribution is 2.25. The molecular formula is C8H19ClSi2. The molecule has 0 aliphatic carbocycles. The van der Waals surface area contributed by atoms with Crippen molar-refractivity contribution < 1.29 is 0 Å². The first-order chi connectivity index (χ1) is 5.33. The Morgan fingerprint density at radius 3 is 2.82 bits per heavy atom. The lowest BCUT2D eigenvalue weighted by atomic mass is 10.4. The van der Waals surface area contributed by atoms with E-state index in [-0.39, 0.29) is 8.80 Å². The molecule has 1 aliphatic heterocycles. The summed E-state index contributed by atoms with van der Waals surface area (Å²) in [5.74, 6) is 0. The molecule has 1 saturated heterocycles. The molecule has 0 spiro atoms. The zero-order chi connectivity index (χ0) is 8.10. The summed E-state index contributed by atoms with van der Waals surface area (Å²) in [4.78, 5) is 0. The SMILES string of the molecule is CCCC[SiH]1CCC[SiH](Cl)C1. The van der Waals surface area contributed by atoms with Gasteiger partial charge < -0.3 is 0 Å². The van der Waals surface area contributed by atoms with Gasteiger partial charge in [0.2, 0.25) is 0 Å². The van der Waals surface area contributed by atoms with Crippen LogP contribution in [0, 0.1) is 0 Å². The first kappa shape index (κ1) is 9.81. The number of halogens is 1. The normalized spacial score (nSPS) is 32.2. The molecule has 0 aromatic carbocycles. The van der Waals surface area contributed by atoms with Crippen LogP contribution in [0.15, 0.2) is 0 Å². The molecule has 3 heteroatoms. The maximum Gasteiger partial charge on any atom is 0.138 e. The third-order valence-electron chi connectivity index (χ3n) is 2.68. The first-order valence-corrected chi connectivity index (χ1v) is 10.8. The second-order valence-corrected chi connectivity index (χ2v) is 12.2. The minimum absolute atomic E-state index is 0.272. The predicted octanol–water partition coefficient (Wildman–Crippen LogP) is 2.92. The molecule has 0 saturated carbocycles. The topological polar surface area (TPSA) is 0 Å². The fraction of sp³-hybridized carbons (Fsp3) is 1.00. The molecule has 0 amide bonds. The monoisotopic (exact) mass is 206 g/mol. The minimum Gasteiger partial charge on any atom is -0.172 e. The first-order valence-electron chi connectivity index (χ1n) is 4.97. The van der Waals surface area contributed by atoms with Crippen LogP contribution in [0.2, 0.25) is 23.8 Å². The van der Waals surface area contributed by atoms with Gasteiger partial charge in [0.15, 0.2) is 0 Å². The van der Waals surface area contributed by atoms with Crippen molar-refractivity contribution in [3.05, 3.63) is 0 Å². The Morgan fingerprint density at radius 2 is 2.18 bits per heavy atom. The Balaban J connectivity index is 2.12. The highest BCUT2D eigenvalue weighted by atomic mass is 35.6. The van der Waals surface area contributed by atoms with Crippen molar-refractivity contribution in [3.63, 3.8) is 0 Å². The molecule has 1 rings (SSSR count). The fourth-order valence-corrected chi connectivity index (χ4v) is 13.7. The highest BCUT2D eigenvalue weighted by molar-refractivity contribution is 7.11. The third kappa shape index (κ3) is 3.76. The van der Waals surface area contributed by atoms with E-state index in [1.54, 1.807) is 17.8 Å². The van der Waals surface area contributed by atoms with E-state index >= 15 is 0 Å². The summed E-state index contributed by atoms with van der Waals surface area (Å²) in [5.41, 5.74) is 1.56. The van der Waals surface area contributed by atoms with Crippen molar-refractivity contribution in [3.8, 4) is 0 Å². The van der Waals surface area contributed by atoms with Crippen LogP contribution in [-0.4, -0.2) is 16.9 Å². The Hall–Kier alpha value is 0.724. The number of hydrogen-bond acceptors (Lipinski definition) is 0. The molecule has 0 aromatic rings.